The van der Waals surface area contributed by atoms with Crippen LogP contribution in [0.3, 0.4) is 0 Å². The second kappa shape index (κ2) is 5.30. The Bertz CT molecular complexity index is 520. The molecular weight excluding hydrogens is 214 g/mol. The van der Waals surface area contributed by atoms with Crippen molar-refractivity contribution in [2.45, 2.75) is 12.8 Å². The number of carbonyl (C=O) groups is 1. The van der Waals surface area contributed by atoms with Crippen LogP contribution in [0.4, 0.5) is 5.82 Å². The average Bonchev–Trinajstić information content (AvgIpc) is 2.34. The van der Waals surface area contributed by atoms with Crippen LogP contribution in [0.5, 0.6) is 0 Å². The van der Waals surface area contributed by atoms with Crippen LogP contribution in [0.1, 0.15) is 12.8 Å². The number of pyridine rings is 1. The summed E-state index contributed by atoms with van der Waals surface area (Å²) in [6, 6.07) is 10.0. The summed E-state index contributed by atoms with van der Waals surface area (Å²) >= 11 is 0. The molecule has 0 saturated carbocycles. The maximum absolute atomic E-state index is 10.6. The van der Waals surface area contributed by atoms with Gasteiger partial charge in [0.05, 0.1) is 0 Å². The molecule has 0 saturated heterocycles. The van der Waals surface area contributed by atoms with Crippen molar-refractivity contribution in [2.24, 2.45) is 5.73 Å². The fraction of sp³-hybridized carbons (Fsp3) is 0.231. The zero-order valence-corrected chi connectivity index (χ0v) is 9.52. The number of nitrogens with two attached hydrogens (primary N) is 1. The second-order valence-corrected chi connectivity index (χ2v) is 3.88. The van der Waals surface area contributed by atoms with Gasteiger partial charge in [-0.25, -0.2) is 4.98 Å². The highest BCUT2D eigenvalue weighted by atomic mass is 16.1. The molecule has 1 aromatic carbocycles. The molecule has 0 bridgehead atoms. The number of fused-ring (bicyclic) bond motifs is 1. The summed E-state index contributed by atoms with van der Waals surface area (Å²) in [5.74, 6) is 0.588. The van der Waals surface area contributed by atoms with Crippen LogP contribution in [0, 0.1) is 0 Å². The minimum Gasteiger partial charge on any atom is -0.370 e. The Morgan fingerprint density at radius 3 is 2.94 bits per heavy atom. The van der Waals surface area contributed by atoms with Gasteiger partial charge in [0, 0.05) is 24.5 Å². The van der Waals surface area contributed by atoms with Gasteiger partial charge in [0.1, 0.15) is 5.82 Å². The zero-order valence-electron chi connectivity index (χ0n) is 9.52. The number of amides is 1. The lowest BCUT2D eigenvalue weighted by molar-refractivity contribution is -0.118. The van der Waals surface area contributed by atoms with Crippen LogP contribution in [0.25, 0.3) is 10.8 Å². The second-order valence-electron chi connectivity index (χ2n) is 3.88. The number of rotatable bonds is 5. The van der Waals surface area contributed by atoms with Crippen molar-refractivity contribution in [3.05, 3.63) is 36.5 Å². The topological polar surface area (TPSA) is 68.0 Å². The van der Waals surface area contributed by atoms with Crippen LogP contribution in [0.15, 0.2) is 36.5 Å². The molecule has 0 fully saturated rings. The standard InChI is InChI=1S/C13H15N3O/c14-12(17)6-3-8-15-13-11-5-2-1-4-10(11)7-9-16-13/h1-2,4-5,7,9H,3,6,8H2,(H2,14,17)(H,15,16). The molecule has 4 heteroatoms. The van der Waals surface area contributed by atoms with Crippen molar-refractivity contribution < 1.29 is 4.79 Å². The number of anilines is 1. The molecule has 0 aliphatic carbocycles. The largest absolute Gasteiger partial charge is 0.370 e. The van der Waals surface area contributed by atoms with Crippen LogP contribution in [-0.4, -0.2) is 17.4 Å². The molecule has 2 rings (SSSR count). The van der Waals surface area contributed by atoms with Gasteiger partial charge >= 0.3 is 0 Å². The highest BCUT2D eigenvalue weighted by Crippen LogP contribution is 2.20. The highest BCUT2D eigenvalue weighted by Gasteiger charge is 2.01. The molecule has 0 spiro atoms. The summed E-state index contributed by atoms with van der Waals surface area (Å²) in [5, 5.41) is 5.47. The summed E-state index contributed by atoms with van der Waals surface area (Å²) < 4.78 is 0. The first kappa shape index (κ1) is 11.4. The van der Waals surface area contributed by atoms with E-state index in [9.17, 15) is 4.79 Å². The smallest absolute Gasteiger partial charge is 0.217 e. The van der Waals surface area contributed by atoms with E-state index in [0.717, 1.165) is 23.0 Å². The Morgan fingerprint density at radius 1 is 1.29 bits per heavy atom. The molecule has 0 radical (unpaired) electrons. The third-order valence-electron chi connectivity index (χ3n) is 2.57. The molecule has 1 heterocycles. The Morgan fingerprint density at radius 2 is 2.12 bits per heavy atom. The fourth-order valence-corrected chi connectivity index (χ4v) is 1.73. The Balaban J connectivity index is 2.05. The van der Waals surface area contributed by atoms with Crippen LogP contribution < -0.4 is 11.1 Å². The van der Waals surface area contributed by atoms with Gasteiger partial charge in [0.2, 0.25) is 5.91 Å². The molecule has 1 aromatic heterocycles. The SMILES string of the molecule is NC(=O)CCCNc1nccc2ccccc12. The van der Waals surface area contributed by atoms with E-state index in [1.807, 2.05) is 30.3 Å². The first-order valence-electron chi connectivity index (χ1n) is 5.63. The molecule has 0 aliphatic rings. The van der Waals surface area contributed by atoms with E-state index in [1.165, 1.54) is 0 Å². The van der Waals surface area contributed by atoms with Crippen molar-refractivity contribution in [3.63, 3.8) is 0 Å². The molecule has 0 aliphatic heterocycles. The summed E-state index contributed by atoms with van der Waals surface area (Å²) in [5.41, 5.74) is 5.08. The lowest BCUT2D eigenvalue weighted by atomic mass is 10.1. The van der Waals surface area contributed by atoms with E-state index < -0.39 is 0 Å². The molecule has 1 amide bonds. The van der Waals surface area contributed by atoms with E-state index in [2.05, 4.69) is 10.3 Å². The van der Waals surface area contributed by atoms with E-state index in [4.69, 9.17) is 5.73 Å². The van der Waals surface area contributed by atoms with Gasteiger partial charge in [-0.1, -0.05) is 24.3 Å². The van der Waals surface area contributed by atoms with Gasteiger partial charge in [0.25, 0.3) is 0 Å². The quantitative estimate of drug-likeness (QED) is 0.769. The van der Waals surface area contributed by atoms with E-state index in [1.54, 1.807) is 6.20 Å². The van der Waals surface area contributed by atoms with Gasteiger partial charge < -0.3 is 11.1 Å². The number of nitrogens with zero attached hydrogens (tertiary/aromatic N) is 1. The number of aromatic nitrogens is 1. The van der Waals surface area contributed by atoms with Gasteiger partial charge in [-0.15, -0.1) is 0 Å². The van der Waals surface area contributed by atoms with Crippen molar-refractivity contribution in [1.82, 2.24) is 4.98 Å². The monoisotopic (exact) mass is 229 g/mol. The van der Waals surface area contributed by atoms with E-state index in [-0.39, 0.29) is 5.91 Å². The molecular formula is C13H15N3O. The first-order valence-corrected chi connectivity index (χ1v) is 5.63. The molecule has 3 N–H and O–H groups in total. The average molecular weight is 229 g/mol. The number of carbonyl (C=O) groups excluding carboxylic acids is 1. The normalized spacial score (nSPS) is 10.4. The van der Waals surface area contributed by atoms with Gasteiger partial charge in [-0.2, -0.15) is 0 Å². The lowest BCUT2D eigenvalue weighted by Gasteiger charge is -2.07. The number of hydrogen-bond acceptors (Lipinski definition) is 3. The zero-order chi connectivity index (χ0) is 12.1. The third kappa shape index (κ3) is 2.93. The predicted molar refractivity (Wildman–Crippen MR) is 68.7 cm³/mol. The third-order valence-corrected chi connectivity index (χ3v) is 2.57. The molecule has 0 atom stereocenters. The first-order chi connectivity index (χ1) is 8.27. The summed E-state index contributed by atoms with van der Waals surface area (Å²) in [4.78, 5) is 14.9. The Labute approximate surface area is 99.8 Å². The molecule has 88 valence electrons. The summed E-state index contributed by atoms with van der Waals surface area (Å²) in [7, 11) is 0. The van der Waals surface area contributed by atoms with E-state index in [0.29, 0.717) is 13.0 Å². The van der Waals surface area contributed by atoms with Crippen LogP contribution in [-0.2, 0) is 4.79 Å². The van der Waals surface area contributed by atoms with Crippen molar-refractivity contribution in [2.75, 3.05) is 11.9 Å². The van der Waals surface area contributed by atoms with Gasteiger partial charge in [0.15, 0.2) is 0 Å². The van der Waals surface area contributed by atoms with Crippen LogP contribution in [0.2, 0.25) is 0 Å². The fourth-order valence-electron chi connectivity index (χ4n) is 1.73. The summed E-state index contributed by atoms with van der Waals surface area (Å²) in [6.45, 7) is 0.698. The number of hydrogen-bond donors (Lipinski definition) is 2. The molecule has 4 nitrogen and oxygen atoms in total. The molecule has 0 unspecified atom stereocenters. The van der Waals surface area contributed by atoms with Gasteiger partial charge in [-0.05, 0) is 17.9 Å². The summed E-state index contributed by atoms with van der Waals surface area (Å²) in [6.07, 6.45) is 2.90. The van der Waals surface area contributed by atoms with Crippen molar-refractivity contribution in [1.29, 1.82) is 0 Å². The van der Waals surface area contributed by atoms with Crippen molar-refractivity contribution >= 4 is 22.5 Å². The lowest BCUT2D eigenvalue weighted by Crippen LogP contribution is -2.13. The maximum Gasteiger partial charge on any atom is 0.217 e. The Kier molecular flexibility index (Phi) is 3.55. The van der Waals surface area contributed by atoms with Crippen LogP contribution >= 0.6 is 0 Å². The number of nitrogens with one attached hydrogen (secondary N) is 1. The molecule has 2 aromatic rings. The minimum atomic E-state index is -0.266. The highest BCUT2D eigenvalue weighted by molar-refractivity contribution is 5.91. The number of primary amides is 1. The number of benzene rings is 1. The predicted octanol–water partition coefficient (Wildman–Crippen LogP) is 1.91. The molecule has 17 heavy (non-hydrogen) atoms. The van der Waals surface area contributed by atoms with Gasteiger partial charge in [-0.3, -0.25) is 4.79 Å². The minimum absolute atomic E-state index is 0.266. The Hall–Kier alpha value is -2.10. The van der Waals surface area contributed by atoms with E-state index >= 15 is 0 Å². The maximum atomic E-state index is 10.6. The van der Waals surface area contributed by atoms with Crippen molar-refractivity contribution in [3.8, 4) is 0 Å².